The lowest BCUT2D eigenvalue weighted by Gasteiger charge is -2.11. The predicted molar refractivity (Wildman–Crippen MR) is 106 cm³/mol. The Hall–Kier alpha value is -2.96. The first-order valence-corrected chi connectivity index (χ1v) is 9.84. The van der Waals surface area contributed by atoms with Crippen LogP contribution >= 0.6 is 0 Å². The van der Waals surface area contributed by atoms with Gasteiger partial charge in [0.2, 0.25) is 17.6 Å². The second-order valence-corrected chi connectivity index (χ2v) is 7.52. The number of hydrogen-bond acceptors (Lipinski definition) is 5. The Balaban J connectivity index is 1.40. The molecule has 0 aliphatic heterocycles. The molecule has 1 aromatic carbocycles. The van der Waals surface area contributed by atoms with Gasteiger partial charge in [-0.3, -0.25) is 9.59 Å². The molecule has 1 saturated carbocycles. The molecule has 0 radical (unpaired) electrons. The number of aromatic nitrogens is 3. The summed E-state index contributed by atoms with van der Waals surface area (Å²) in [6.45, 7) is 2.00. The van der Waals surface area contributed by atoms with E-state index in [1.165, 1.54) is 12.8 Å². The van der Waals surface area contributed by atoms with Crippen LogP contribution in [0.1, 0.15) is 50.0 Å². The highest BCUT2D eigenvalue weighted by atomic mass is 16.5. The molecule has 1 aliphatic carbocycles. The zero-order valence-electron chi connectivity index (χ0n) is 16.0. The summed E-state index contributed by atoms with van der Waals surface area (Å²) in [5.41, 5.74) is 2.01. The van der Waals surface area contributed by atoms with Gasteiger partial charge in [-0.1, -0.05) is 29.6 Å². The number of carbonyl (C=O) groups is 1. The summed E-state index contributed by atoms with van der Waals surface area (Å²) >= 11 is 0. The van der Waals surface area contributed by atoms with Crippen LogP contribution in [0.25, 0.3) is 22.3 Å². The van der Waals surface area contributed by atoms with Crippen LogP contribution in [0, 0.1) is 6.92 Å². The van der Waals surface area contributed by atoms with Crippen molar-refractivity contribution in [3.05, 3.63) is 46.1 Å². The van der Waals surface area contributed by atoms with E-state index < -0.39 is 0 Å². The van der Waals surface area contributed by atoms with E-state index >= 15 is 0 Å². The lowest BCUT2D eigenvalue weighted by Crippen LogP contribution is -2.32. The van der Waals surface area contributed by atoms with Crippen LogP contribution in [-0.2, 0) is 11.2 Å². The van der Waals surface area contributed by atoms with Crippen molar-refractivity contribution in [1.82, 2.24) is 20.4 Å². The van der Waals surface area contributed by atoms with Gasteiger partial charge in [-0.05, 0) is 49.8 Å². The summed E-state index contributed by atoms with van der Waals surface area (Å²) in [6.07, 6.45) is 6.14. The summed E-state index contributed by atoms with van der Waals surface area (Å²) < 4.78 is 5.28. The molecule has 146 valence electrons. The van der Waals surface area contributed by atoms with Crippen LogP contribution in [0.5, 0.6) is 0 Å². The van der Waals surface area contributed by atoms with Crippen molar-refractivity contribution in [2.45, 2.75) is 57.9 Å². The lowest BCUT2D eigenvalue weighted by atomic mass is 10.1. The topological polar surface area (TPSA) is 101 Å². The maximum Gasteiger partial charge on any atom is 0.259 e. The molecule has 7 nitrogen and oxygen atoms in total. The van der Waals surface area contributed by atoms with Crippen LogP contribution in [0.2, 0.25) is 0 Å². The first kappa shape index (κ1) is 18.4. The quantitative estimate of drug-likeness (QED) is 0.683. The maximum absolute atomic E-state index is 12.4. The van der Waals surface area contributed by atoms with Crippen LogP contribution in [-0.4, -0.2) is 27.1 Å². The van der Waals surface area contributed by atoms with E-state index in [1.54, 1.807) is 6.07 Å². The molecule has 1 aliphatic rings. The van der Waals surface area contributed by atoms with Crippen LogP contribution < -0.4 is 10.9 Å². The third kappa shape index (κ3) is 4.13. The van der Waals surface area contributed by atoms with E-state index in [4.69, 9.17) is 4.52 Å². The van der Waals surface area contributed by atoms with Gasteiger partial charge in [0.1, 0.15) is 0 Å². The molecule has 0 saturated heterocycles. The Morgan fingerprint density at radius 1 is 1.29 bits per heavy atom. The van der Waals surface area contributed by atoms with E-state index in [9.17, 15) is 9.59 Å². The van der Waals surface area contributed by atoms with Gasteiger partial charge in [-0.25, -0.2) is 0 Å². The van der Waals surface area contributed by atoms with Gasteiger partial charge >= 0.3 is 0 Å². The second-order valence-electron chi connectivity index (χ2n) is 7.52. The number of carbonyl (C=O) groups excluding carboxylic acids is 1. The molecule has 1 fully saturated rings. The van der Waals surface area contributed by atoms with E-state index in [1.807, 2.05) is 25.1 Å². The molecule has 4 rings (SSSR count). The highest BCUT2D eigenvalue weighted by Gasteiger charge is 2.17. The van der Waals surface area contributed by atoms with Crippen molar-refractivity contribution >= 4 is 16.8 Å². The Bertz CT molecular complexity index is 1050. The van der Waals surface area contributed by atoms with Crippen LogP contribution in [0.4, 0.5) is 0 Å². The Morgan fingerprint density at radius 2 is 2.11 bits per heavy atom. The van der Waals surface area contributed by atoms with Crippen molar-refractivity contribution < 1.29 is 9.32 Å². The number of H-pyrrole nitrogens is 1. The van der Waals surface area contributed by atoms with Gasteiger partial charge in [-0.15, -0.1) is 0 Å². The summed E-state index contributed by atoms with van der Waals surface area (Å²) in [6, 6.07) is 7.95. The van der Waals surface area contributed by atoms with E-state index in [0.717, 1.165) is 29.3 Å². The fourth-order valence-electron chi connectivity index (χ4n) is 3.73. The number of amides is 1. The van der Waals surface area contributed by atoms with Crippen LogP contribution in [0.15, 0.2) is 33.6 Å². The zero-order valence-corrected chi connectivity index (χ0v) is 16.0. The summed E-state index contributed by atoms with van der Waals surface area (Å²) in [7, 11) is 0. The van der Waals surface area contributed by atoms with E-state index in [2.05, 4.69) is 20.4 Å². The number of benzene rings is 1. The second kappa shape index (κ2) is 7.96. The molecule has 0 unspecified atom stereocenters. The smallest absolute Gasteiger partial charge is 0.259 e. The van der Waals surface area contributed by atoms with Gasteiger partial charge in [0.15, 0.2) is 0 Å². The number of nitrogens with zero attached hydrogens (tertiary/aromatic N) is 2. The number of aryl methyl sites for hydroxylation is 2. The maximum atomic E-state index is 12.4. The Kier molecular flexibility index (Phi) is 5.23. The number of pyridine rings is 1. The minimum absolute atomic E-state index is 0.0768. The largest absolute Gasteiger partial charge is 0.353 e. The minimum atomic E-state index is -0.250. The monoisotopic (exact) mass is 380 g/mol. The molecule has 2 aromatic heterocycles. The standard InChI is InChI=1S/C21H24N4O3/c1-13-9-10-17-14(11-13)12-16(21(27)23-17)20-24-19(28-25-20)8-4-7-18(26)22-15-5-2-3-6-15/h9-12,15H,2-8H2,1H3,(H,22,26)(H,23,27). The Labute approximate surface area is 162 Å². The number of nitrogens with one attached hydrogen (secondary N) is 2. The SMILES string of the molecule is Cc1ccc2[nH]c(=O)c(-c3noc(CCCC(=O)NC4CCCC4)n3)cc2c1. The van der Waals surface area contributed by atoms with Gasteiger partial charge < -0.3 is 14.8 Å². The zero-order chi connectivity index (χ0) is 19.5. The van der Waals surface area contributed by atoms with Crippen molar-refractivity contribution in [2.24, 2.45) is 0 Å². The summed E-state index contributed by atoms with van der Waals surface area (Å²) in [4.78, 5) is 31.6. The van der Waals surface area contributed by atoms with E-state index in [0.29, 0.717) is 36.8 Å². The molecule has 0 spiro atoms. The molecule has 0 bridgehead atoms. The number of aromatic amines is 1. The fourth-order valence-corrected chi connectivity index (χ4v) is 3.73. The third-order valence-electron chi connectivity index (χ3n) is 5.22. The van der Waals surface area contributed by atoms with E-state index in [-0.39, 0.29) is 17.3 Å². The number of fused-ring (bicyclic) bond motifs is 1. The summed E-state index contributed by atoms with van der Waals surface area (Å²) in [5, 5.41) is 7.95. The predicted octanol–water partition coefficient (Wildman–Crippen LogP) is 3.27. The van der Waals surface area contributed by atoms with Gasteiger partial charge in [0.05, 0.1) is 5.56 Å². The van der Waals surface area contributed by atoms with Crippen molar-refractivity contribution in [3.63, 3.8) is 0 Å². The van der Waals surface area contributed by atoms with Crippen molar-refractivity contribution in [2.75, 3.05) is 0 Å². The molecule has 3 aromatic rings. The summed E-state index contributed by atoms with van der Waals surface area (Å²) in [5.74, 6) is 0.787. The van der Waals surface area contributed by atoms with Crippen molar-refractivity contribution in [3.8, 4) is 11.4 Å². The van der Waals surface area contributed by atoms with Crippen LogP contribution in [0.3, 0.4) is 0 Å². The molecule has 28 heavy (non-hydrogen) atoms. The molecule has 0 atom stereocenters. The Morgan fingerprint density at radius 3 is 2.93 bits per heavy atom. The molecule has 1 amide bonds. The first-order valence-electron chi connectivity index (χ1n) is 9.84. The fraction of sp³-hybridized carbons (Fsp3) is 0.429. The normalized spacial score (nSPS) is 14.6. The molecular formula is C21H24N4O3. The highest BCUT2D eigenvalue weighted by molar-refractivity contribution is 5.82. The number of hydrogen-bond donors (Lipinski definition) is 2. The number of rotatable bonds is 6. The highest BCUT2D eigenvalue weighted by Crippen LogP contribution is 2.19. The molecule has 2 heterocycles. The van der Waals surface area contributed by atoms with Crippen molar-refractivity contribution in [1.29, 1.82) is 0 Å². The van der Waals surface area contributed by atoms with Gasteiger partial charge in [0, 0.05) is 24.4 Å². The average Bonchev–Trinajstić information content (AvgIpc) is 3.33. The average molecular weight is 380 g/mol. The third-order valence-corrected chi connectivity index (χ3v) is 5.22. The van der Waals surface area contributed by atoms with Gasteiger partial charge in [0.25, 0.3) is 5.56 Å². The molecular weight excluding hydrogens is 356 g/mol. The molecule has 7 heteroatoms. The minimum Gasteiger partial charge on any atom is -0.353 e. The lowest BCUT2D eigenvalue weighted by molar-refractivity contribution is -0.121. The first-order chi connectivity index (χ1) is 13.6. The molecule has 2 N–H and O–H groups in total. The van der Waals surface area contributed by atoms with Gasteiger partial charge in [-0.2, -0.15) is 4.98 Å².